The molecule has 0 radical (unpaired) electrons. The molecular weight excluding hydrogens is 188 g/mol. The molecular formula is C11H16N4. The van der Waals surface area contributed by atoms with E-state index in [1.54, 1.807) is 0 Å². The molecule has 0 spiro atoms. The van der Waals surface area contributed by atoms with E-state index in [-0.39, 0.29) is 5.41 Å². The van der Waals surface area contributed by atoms with E-state index in [4.69, 9.17) is 5.73 Å². The van der Waals surface area contributed by atoms with Gasteiger partial charge in [0.05, 0.1) is 5.69 Å². The Labute approximate surface area is 89.1 Å². The van der Waals surface area contributed by atoms with Crippen LogP contribution in [0, 0.1) is 6.92 Å². The van der Waals surface area contributed by atoms with Gasteiger partial charge in [-0.1, -0.05) is 20.8 Å². The lowest BCUT2D eigenvalue weighted by Gasteiger charge is -2.17. The van der Waals surface area contributed by atoms with Crippen molar-refractivity contribution in [1.82, 2.24) is 14.6 Å². The fourth-order valence-electron chi connectivity index (χ4n) is 1.63. The lowest BCUT2D eigenvalue weighted by molar-refractivity contribution is 0.537. The van der Waals surface area contributed by atoms with E-state index < -0.39 is 0 Å². The van der Waals surface area contributed by atoms with Gasteiger partial charge in [0.15, 0.2) is 5.65 Å². The smallest absolute Gasteiger partial charge is 0.161 e. The van der Waals surface area contributed by atoms with Gasteiger partial charge >= 0.3 is 0 Å². The van der Waals surface area contributed by atoms with Crippen LogP contribution in [0.5, 0.6) is 0 Å². The second kappa shape index (κ2) is 2.95. The summed E-state index contributed by atoms with van der Waals surface area (Å²) in [6.45, 7) is 8.34. The number of nitrogens with two attached hydrogens (primary N) is 1. The fraction of sp³-hybridized carbons (Fsp3) is 0.455. The summed E-state index contributed by atoms with van der Waals surface area (Å²) in [5.41, 5.74) is 8.48. The maximum absolute atomic E-state index is 5.88. The average Bonchev–Trinajstić information content (AvgIpc) is 2.54. The molecule has 0 saturated heterocycles. The molecule has 2 N–H and O–H groups in total. The van der Waals surface area contributed by atoms with Crippen LogP contribution in [0.4, 0.5) is 5.69 Å². The Morgan fingerprint density at radius 3 is 2.47 bits per heavy atom. The first kappa shape index (κ1) is 9.96. The Bertz CT molecular complexity index is 505. The monoisotopic (exact) mass is 204 g/mol. The van der Waals surface area contributed by atoms with Gasteiger partial charge in [0, 0.05) is 11.1 Å². The van der Waals surface area contributed by atoms with Crippen LogP contribution in [0.15, 0.2) is 12.1 Å². The summed E-state index contributed by atoms with van der Waals surface area (Å²) >= 11 is 0. The Morgan fingerprint density at radius 1 is 1.20 bits per heavy atom. The second-order valence-electron chi connectivity index (χ2n) is 4.84. The molecule has 15 heavy (non-hydrogen) atoms. The first-order chi connectivity index (χ1) is 6.91. The van der Waals surface area contributed by atoms with E-state index in [1.807, 2.05) is 23.5 Å². The van der Waals surface area contributed by atoms with Gasteiger partial charge in [-0.3, -0.25) is 4.40 Å². The molecule has 2 aromatic rings. The van der Waals surface area contributed by atoms with Crippen LogP contribution >= 0.6 is 0 Å². The zero-order valence-electron chi connectivity index (χ0n) is 9.57. The molecule has 2 aromatic heterocycles. The number of anilines is 1. The normalized spacial score (nSPS) is 12.3. The van der Waals surface area contributed by atoms with Gasteiger partial charge in [-0.05, 0) is 19.1 Å². The Balaban J connectivity index is 2.84. The highest BCUT2D eigenvalue weighted by molar-refractivity contribution is 5.52. The van der Waals surface area contributed by atoms with Crippen LogP contribution < -0.4 is 5.73 Å². The summed E-state index contributed by atoms with van der Waals surface area (Å²) in [7, 11) is 0. The van der Waals surface area contributed by atoms with Crippen LogP contribution in [0.3, 0.4) is 0 Å². The van der Waals surface area contributed by atoms with E-state index in [0.29, 0.717) is 0 Å². The predicted octanol–water partition coefficient (Wildman–Crippen LogP) is 1.92. The molecule has 0 bridgehead atoms. The average molecular weight is 204 g/mol. The summed E-state index contributed by atoms with van der Waals surface area (Å²) in [6.07, 6.45) is 0. The van der Waals surface area contributed by atoms with Crippen molar-refractivity contribution in [3.63, 3.8) is 0 Å². The van der Waals surface area contributed by atoms with Crippen molar-refractivity contribution >= 4 is 11.3 Å². The number of nitrogens with zero attached hydrogens (tertiary/aromatic N) is 3. The van der Waals surface area contributed by atoms with Gasteiger partial charge in [0.1, 0.15) is 5.82 Å². The molecule has 0 unspecified atom stereocenters. The maximum Gasteiger partial charge on any atom is 0.161 e. The van der Waals surface area contributed by atoms with Crippen LogP contribution in [0.1, 0.15) is 32.3 Å². The van der Waals surface area contributed by atoms with Crippen molar-refractivity contribution in [2.24, 2.45) is 0 Å². The van der Waals surface area contributed by atoms with Gasteiger partial charge in [-0.2, -0.15) is 0 Å². The molecule has 0 atom stereocenters. The molecule has 2 heterocycles. The highest BCUT2D eigenvalue weighted by Crippen LogP contribution is 2.23. The van der Waals surface area contributed by atoms with E-state index in [1.165, 1.54) is 0 Å². The molecule has 0 saturated carbocycles. The Hall–Kier alpha value is -1.58. The molecule has 4 heteroatoms. The number of nitrogen functional groups attached to an aromatic ring is 1. The van der Waals surface area contributed by atoms with E-state index in [0.717, 1.165) is 22.9 Å². The third-order valence-electron chi connectivity index (χ3n) is 2.52. The number of aryl methyl sites for hydroxylation is 1. The van der Waals surface area contributed by atoms with Crippen LogP contribution in [0.2, 0.25) is 0 Å². The molecule has 80 valence electrons. The van der Waals surface area contributed by atoms with Crippen molar-refractivity contribution in [2.75, 3.05) is 5.73 Å². The lowest BCUT2D eigenvalue weighted by atomic mass is 9.96. The number of pyridine rings is 1. The van der Waals surface area contributed by atoms with Gasteiger partial charge < -0.3 is 5.73 Å². The van der Waals surface area contributed by atoms with Crippen molar-refractivity contribution in [3.8, 4) is 0 Å². The van der Waals surface area contributed by atoms with E-state index in [2.05, 4.69) is 31.0 Å². The Kier molecular flexibility index (Phi) is 1.96. The zero-order valence-corrected chi connectivity index (χ0v) is 9.57. The minimum Gasteiger partial charge on any atom is -0.397 e. The summed E-state index contributed by atoms with van der Waals surface area (Å²) < 4.78 is 2.02. The molecule has 4 nitrogen and oxygen atoms in total. The Morgan fingerprint density at radius 2 is 1.87 bits per heavy atom. The van der Waals surface area contributed by atoms with Crippen molar-refractivity contribution in [2.45, 2.75) is 33.1 Å². The number of aromatic nitrogens is 3. The summed E-state index contributed by atoms with van der Waals surface area (Å²) in [6, 6.07) is 3.76. The first-order valence-corrected chi connectivity index (χ1v) is 5.02. The summed E-state index contributed by atoms with van der Waals surface area (Å²) in [5, 5.41) is 8.37. The van der Waals surface area contributed by atoms with Gasteiger partial charge in [-0.15, -0.1) is 10.2 Å². The van der Waals surface area contributed by atoms with Crippen molar-refractivity contribution in [1.29, 1.82) is 0 Å². The SMILES string of the molecule is Cc1c(N)ccc2nnc(C(C)(C)C)n12. The van der Waals surface area contributed by atoms with E-state index in [9.17, 15) is 0 Å². The summed E-state index contributed by atoms with van der Waals surface area (Å²) in [4.78, 5) is 0. The van der Waals surface area contributed by atoms with Crippen LogP contribution in [-0.2, 0) is 5.41 Å². The van der Waals surface area contributed by atoms with Crippen LogP contribution in [-0.4, -0.2) is 14.6 Å². The number of hydrogen-bond acceptors (Lipinski definition) is 3. The molecule has 2 rings (SSSR count). The standard InChI is InChI=1S/C11H16N4/c1-7-8(12)5-6-9-13-14-10(15(7)9)11(2,3)4/h5-6H,12H2,1-4H3. The largest absolute Gasteiger partial charge is 0.397 e. The minimum absolute atomic E-state index is 0.0298. The van der Waals surface area contributed by atoms with Crippen molar-refractivity contribution in [3.05, 3.63) is 23.7 Å². The summed E-state index contributed by atoms with van der Waals surface area (Å²) in [5.74, 6) is 0.947. The number of hydrogen-bond donors (Lipinski definition) is 1. The van der Waals surface area contributed by atoms with E-state index >= 15 is 0 Å². The molecule has 0 amide bonds. The third-order valence-corrected chi connectivity index (χ3v) is 2.52. The predicted molar refractivity (Wildman–Crippen MR) is 60.8 cm³/mol. The number of rotatable bonds is 0. The lowest BCUT2D eigenvalue weighted by Crippen LogP contribution is -2.17. The van der Waals surface area contributed by atoms with Crippen LogP contribution in [0.25, 0.3) is 5.65 Å². The highest BCUT2D eigenvalue weighted by Gasteiger charge is 2.21. The maximum atomic E-state index is 5.88. The molecule has 0 aliphatic rings. The topological polar surface area (TPSA) is 56.2 Å². The number of fused-ring (bicyclic) bond motifs is 1. The quantitative estimate of drug-likeness (QED) is 0.713. The fourth-order valence-corrected chi connectivity index (χ4v) is 1.63. The van der Waals surface area contributed by atoms with Gasteiger partial charge in [0.25, 0.3) is 0 Å². The molecule has 0 aromatic carbocycles. The van der Waals surface area contributed by atoms with Crippen molar-refractivity contribution < 1.29 is 0 Å². The highest BCUT2D eigenvalue weighted by atomic mass is 15.3. The molecule has 0 fully saturated rings. The van der Waals surface area contributed by atoms with Gasteiger partial charge in [-0.25, -0.2) is 0 Å². The minimum atomic E-state index is -0.0298. The third kappa shape index (κ3) is 1.46. The first-order valence-electron chi connectivity index (χ1n) is 5.02. The molecule has 0 aliphatic heterocycles. The molecule has 0 aliphatic carbocycles. The van der Waals surface area contributed by atoms with Gasteiger partial charge in [0.2, 0.25) is 0 Å². The second-order valence-corrected chi connectivity index (χ2v) is 4.84. The zero-order chi connectivity index (χ0) is 11.2.